The number of hydrogen-bond donors (Lipinski definition) is 1. The van der Waals surface area contributed by atoms with Gasteiger partial charge in [-0.25, -0.2) is 5.43 Å². The molecular formula is C13H19ClN4O. The number of hydrogen-bond acceptors (Lipinski definition) is 3. The van der Waals surface area contributed by atoms with Crippen LogP contribution in [0.5, 0.6) is 0 Å². The van der Waals surface area contributed by atoms with E-state index in [4.69, 9.17) is 11.6 Å². The van der Waals surface area contributed by atoms with E-state index in [1.54, 1.807) is 10.9 Å². The van der Waals surface area contributed by atoms with E-state index in [0.29, 0.717) is 5.15 Å². The van der Waals surface area contributed by atoms with Gasteiger partial charge in [-0.15, -0.1) is 0 Å². The van der Waals surface area contributed by atoms with Gasteiger partial charge >= 0.3 is 0 Å². The molecule has 1 heterocycles. The van der Waals surface area contributed by atoms with Gasteiger partial charge in [-0.3, -0.25) is 9.48 Å². The molecule has 2 rings (SSSR count). The molecule has 6 heteroatoms. The molecule has 0 aliphatic heterocycles. The van der Waals surface area contributed by atoms with Gasteiger partial charge in [0.05, 0.1) is 17.5 Å². The van der Waals surface area contributed by atoms with E-state index in [9.17, 15) is 4.79 Å². The maximum atomic E-state index is 11.4. The SMILES string of the molecule is CCCCn1nc(C)c(/C=N\NC(=O)C2CC2)c1Cl. The Hall–Kier alpha value is -1.36. The third-order valence-electron chi connectivity index (χ3n) is 3.15. The van der Waals surface area contributed by atoms with Crippen LogP contribution in [0.2, 0.25) is 5.15 Å². The first-order valence-corrected chi connectivity index (χ1v) is 7.07. The highest BCUT2D eigenvalue weighted by Gasteiger charge is 2.29. The Bertz CT molecular complexity index is 491. The van der Waals surface area contributed by atoms with Gasteiger partial charge in [0, 0.05) is 12.5 Å². The van der Waals surface area contributed by atoms with Crippen molar-refractivity contribution in [2.75, 3.05) is 0 Å². The summed E-state index contributed by atoms with van der Waals surface area (Å²) in [5.41, 5.74) is 4.13. The van der Waals surface area contributed by atoms with E-state index in [1.165, 1.54) is 0 Å². The van der Waals surface area contributed by atoms with Crippen molar-refractivity contribution in [3.05, 3.63) is 16.4 Å². The fourth-order valence-electron chi connectivity index (χ4n) is 1.77. The molecule has 0 spiro atoms. The summed E-state index contributed by atoms with van der Waals surface area (Å²) in [6.45, 7) is 4.82. The van der Waals surface area contributed by atoms with Gasteiger partial charge in [0.15, 0.2) is 0 Å². The summed E-state index contributed by atoms with van der Waals surface area (Å²) >= 11 is 6.25. The second-order valence-electron chi connectivity index (χ2n) is 4.88. The molecule has 19 heavy (non-hydrogen) atoms. The summed E-state index contributed by atoms with van der Waals surface area (Å²) in [6.07, 6.45) is 5.64. The van der Waals surface area contributed by atoms with Gasteiger partial charge < -0.3 is 0 Å². The zero-order valence-corrected chi connectivity index (χ0v) is 12.1. The fraction of sp³-hybridized carbons (Fsp3) is 0.615. The second kappa shape index (κ2) is 6.19. The molecule has 0 radical (unpaired) electrons. The van der Waals surface area contributed by atoms with Gasteiger partial charge in [-0.2, -0.15) is 10.2 Å². The van der Waals surface area contributed by atoms with Crippen LogP contribution in [0.1, 0.15) is 43.9 Å². The molecule has 0 saturated heterocycles. The van der Waals surface area contributed by atoms with Crippen LogP contribution >= 0.6 is 11.6 Å². The minimum absolute atomic E-state index is 0.0107. The Morgan fingerprint density at radius 2 is 2.37 bits per heavy atom. The minimum atomic E-state index is -0.0107. The Balaban J connectivity index is 2.00. The molecule has 5 nitrogen and oxygen atoms in total. The van der Waals surface area contributed by atoms with Crippen molar-refractivity contribution in [3.63, 3.8) is 0 Å². The summed E-state index contributed by atoms with van der Waals surface area (Å²) in [5, 5.41) is 8.91. The first-order valence-electron chi connectivity index (χ1n) is 6.69. The minimum Gasteiger partial charge on any atom is -0.273 e. The molecule has 1 N–H and O–H groups in total. The predicted octanol–water partition coefficient (Wildman–Crippen LogP) is 2.51. The van der Waals surface area contributed by atoms with Gasteiger partial charge in [0.2, 0.25) is 5.91 Å². The smallest absolute Gasteiger partial charge is 0.243 e. The Morgan fingerprint density at radius 3 is 3.00 bits per heavy atom. The fourth-order valence-corrected chi connectivity index (χ4v) is 2.07. The number of hydrazone groups is 1. The van der Waals surface area contributed by atoms with Crippen LogP contribution in [-0.4, -0.2) is 21.9 Å². The highest BCUT2D eigenvalue weighted by atomic mass is 35.5. The number of nitrogens with zero attached hydrogens (tertiary/aromatic N) is 3. The molecule has 104 valence electrons. The summed E-state index contributed by atoms with van der Waals surface area (Å²) in [6, 6.07) is 0. The van der Waals surface area contributed by atoms with E-state index in [-0.39, 0.29) is 11.8 Å². The van der Waals surface area contributed by atoms with E-state index in [2.05, 4.69) is 22.5 Å². The van der Waals surface area contributed by atoms with Crippen LogP contribution in [0, 0.1) is 12.8 Å². The van der Waals surface area contributed by atoms with Gasteiger partial charge in [-0.1, -0.05) is 24.9 Å². The number of rotatable bonds is 6. The third-order valence-corrected chi connectivity index (χ3v) is 3.55. The maximum Gasteiger partial charge on any atom is 0.243 e. The number of carbonyl (C=O) groups excluding carboxylic acids is 1. The molecule has 1 aromatic rings. The van der Waals surface area contributed by atoms with Crippen molar-refractivity contribution in [3.8, 4) is 0 Å². The van der Waals surface area contributed by atoms with Crippen LogP contribution < -0.4 is 5.43 Å². The van der Waals surface area contributed by atoms with Crippen molar-refractivity contribution in [1.82, 2.24) is 15.2 Å². The molecule has 0 bridgehead atoms. The molecule has 0 atom stereocenters. The Labute approximate surface area is 118 Å². The van der Waals surface area contributed by atoms with Gasteiger partial charge in [-0.05, 0) is 26.2 Å². The first-order chi connectivity index (χ1) is 9.13. The van der Waals surface area contributed by atoms with Crippen LogP contribution in [0.3, 0.4) is 0 Å². The van der Waals surface area contributed by atoms with Crippen molar-refractivity contribution < 1.29 is 4.79 Å². The van der Waals surface area contributed by atoms with E-state index in [0.717, 1.165) is 43.5 Å². The van der Waals surface area contributed by atoms with E-state index in [1.807, 2.05) is 6.92 Å². The number of carbonyl (C=O) groups is 1. The van der Waals surface area contributed by atoms with E-state index >= 15 is 0 Å². The number of aromatic nitrogens is 2. The quantitative estimate of drug-likeness (QED) is 0.644. The van der Waals surface area contributed by atoms with Crippen LogP contribution in [0.4, 0.5) is 0 Å². The van der Waals surface area contributed by atoms with E-state index < -0.39 is 0 Å². The molecule has 0 unspecified atom stereocenters. The van der Waals surface area contributed by atoms with Crippen molar-refractivity contribution in [2.24, 2.45) is 11.0 Å². The lowest BCUT2D eigenvalue weighted by Gasteiger charge is -2.00. The maximum absolute atomic E-state index is 11.4. The zero-order valence-electron chi connectivity index (χ0n) is 11.3. The summed E-state index contributed by atoms with van der Waals surface area (Å²) in [5.74, 6) is 0.143. The summed E-state index contributed by atoms with van der Waals surface area (Å²) in [4.78, 5) is 11.4. The topological polar surface area (TPSA) is 59.3 Å². The number of aryl methyl sites for hydroxylation is 2. The molecular weight excluding hydrogens is 264 g/mol. The average molecular weight is 283 g/mol. The van der Waals surface area contributed by atoms with Gasteiger partial charge in [0.1, 0.15) is 5.15 Å². The molecule has 1 aromatic heterocycles. The molecule has 0 aromatic carbocycles. The van der Waals surface area contributed by atoms with Crippen LogP contribution in [-0.2, 0) is 11.3 Å². The normalized spacial score (nSPS) is 15.1. The largest absolute Gasteiger partial charge is 0.273 e. The first kappa shape index (κ1) is 14.1. The highest BCUT2D eigenvalue weighted by Crippen LogP contribution is 2.28. The number of halogens is 1. The standard InChI is InChI=1S/C13H19ClN4O/c1-3-4-7-18-12(14)11(9(2)17-18)8-15-16-13(19)10-5-6-10/h8,10H,3-7H2,1-2H3,(H,16,19)/b15-8-. The second-order valence-corrected chi connectivity index (χ2v) is 5.23. The monoisotopic (exact) mass is 282 g/mol. The molecule has 1 aliphatic rings. The molecule has 1 amide bonds. The zero-order chi connectivity index (χ0) is 13.8. The Kier molecular flexibility index (Phi) is 4.58. The average Bonchev–Trinajstić information content (AvgIpc) is 3.19. The lowest BCUT2D eigenvalue weighted by atomic mass is 10.3. The lowest BCUT2D eigenvalue weighted by Crippen LogP contribution is -2.19. The number of unbranched alkanes of at least 4 members (excludes halogenated alkanes) is 1. The lowest BCUT2D eigenvalue weighted by molar-refractivity contribution is -0.122. The summed E-state index contributed by atoms with van der Waals surface area (Å²) < 4.78 is 1.78. The number of nitrogens with one attached hydrogen (secondary N) is 1. The van der Waals surface area contributed by atoms with Crippen molar-refractivity contribution >= 4 is 23.7 Å². The molecule has 1 aliphatic carbocycles. The van der Waals surface area contributed by atoms with Crippen molar-refractivity contribution in [2.45, 2.75) is 46.1 Å². The van der Waals surface area contributed by atoms with Crippen molar-refractivity contribution in [1.29, 1.82) is 0 Å². The third kappa shape index (κ3) is 3.56. The molecule has 1 fully saturated rings. The molecule has 1 saturated carbocycles. The highest BCUT2D eigenvalue weighted by molar-refractivity contribution is 6.32. The van der Waals surface area contributed by atoms with Gasteiger partial charge in [0.25, 0.3) is 0 Å². The van der Waals surface area contributed by atoms with Crippen LogP contribution in [0.15, 0.2) is 5.10 Å². The number of amides is 1. The van der Waals surface area contributed by atoms with Crippen LogP contribution in [0.25, 0.3) is 0 Å². The predicted molar refractivity (Wildman–Crippen MR) is 75.3 cm³/mol. The summed E-state index contributed by atoms with van der Waals surface area (Å²) in [7, 11) is 0. The Morgan fingerprint density at radius 1 is 1.63 bits per heavy atom.